The fourth-order valence-electron chi connectivity index (χ4n) is 3.77. The van der Waals surface area contributed by atoms with Gasteiger partial charge in [0.15, 0.2) is 6.20 Å². The van der Waals surface area contributed by atoms with Crippen LogP contribution >= 0.6 is 23.4 Å². The Bertz CT molecular complexity index is 1350. The van der Waals surface area contributed by atoms with Crippen LogP contribution in [0.1, 0.15) is 12.0 Å². The Labute approximate surface area is 194 Å². The van der Waals surface area contributed by atoms with E-state index in [2.05, 4.69) is 0 Å². The molecule has 0 bridgehead atoms. The van der Waals surface area contributed by atoms with Crippen LogP contribution in [0.25, 0.3) is 17.1 Å². The van der Waals surface area contributed by atoms with Gasteiger partial charge in [-0.25, -0.2) is 8.42 Å². The van der Waals surface area contributed by atoms with Crippen molar-refractivity contribution >= 4 is 62.2 Å². The lowest BCUT2D eigenvalue weighted by atomic mass is 10.2. The van der Waals surface area contributed by atoms with E-state index in [1.54, 1.807) is 17.0 Å². The summed E-state index contributed by atoms with van der Waals surface area (Å²) < 4.78 is 36.6. The number of carbonyl (C=O) groups is 1. The highest BCUT2D eigenvalue weighted by molar-refractivity contribution is 8.03. The Hall–Kier alpha value is -2.53. The molecule has 0 saturated carbocycles. The fraction of sp³-hybridized carbons (Fsp3) is 0.238. The third-order valence-corrected chi connectivity index (χ3v) is 7.26. The zero-order chi connectivity index (χ0) is 23.0. The molecule has 3 heterocycles. The van der Waals surface area contributed by atoms with Crippen molar-refractivity contribution in [2.24, 2.45) is 7.05 Å². The molecule has 0 atom stereocenters. The molecule has 8 nitrogen and oxygen atoms in total. The summed E-state index contributed by atoms with van der Waals surface area (Å²) in [4.78, 5) is 14.2. The van der Waals surface area contributed by atoms with Gasteiger partial charge in [0, 0.05) is 53.0 Å². The van der Waals surface area contributed by atoms with Gasteiger partial charge in [-0.05, 0) is 24.3 Å². The molecule has 0 unspecified atom stereocenters. The Kier molecular flexibility index (Phi) is 6.22. The van der Waals surface area contributed by atoms with Crippen molar-refractivity contribution in [3.05, 3.63) is 58.3 Å². The molecule has 0 spiro atoms. The molecule has 0 radical (unpaired) electrons. The molecule has 0 fully saturated rings. The molecule has 0 aliphatic carbocycles. The van der Waals surface area contributed by atoms with Crippen LogP contribution in [0.15, 0.2) is 52.7 Å². The second-order valence-electron chi connectivity index (χ2n) is 7.42. The number of halogens is 1. The van der Waals surface area contributed by atoms with E-state index in [9.17, 15) is 22.9 Å². The number of aromatic nitrogens is 2. The molecule has 1 aromatic carbocycles. The van der Waals surface area contributed by atoms with Crippen molar-refractivity contribution in [3.63, 3.8) is 0 Å². The summed E-state index contributed by atoms with van der Waals surface area (Å²) in [5.41, 5.74) is 3.44. The number of carboxylic acids is 1. The van der Waals surface area contributed by atoms with Gasteiger partial charge in [-0.3, -0.25) is 4.79 Å². The molecule has 1 aliphatic rings. The van der Waals surface area contributed by atoms with Crippen LogP contribution in [0, 0.1) is 0 Å². The molecule has 0 amide bonds. The summed E-state index contributed by atoms with van der Waals surface area (Å²) >= 11 is 7.61. The van der Waals surface area contributed by atoms with Gasteiger partial charge in [0.1, 0.15) is 18.6 Å². The van der Waals surface area contributed by atoms with Crippen LogP contribution in [0.2, 0.25) is 5.02 Å². The molecule has 0 saturated heterocycles. The number of hydrogen-bond donors (Lipinski definition) is 1. The summed E-state index contributed by atoms with van der Waals surface area (Å²) in [5, 5.41) is 10.7. The first-order valence-electron chi connectivity index (χ1n) is 9.72. The predicted octanol–water partition coefficient (Wildman–Crippen LogP) is 3.05. The number of aliphatic carboxylic acids is 1. The van der Waals surface area contributed by atoms with Gasteiger partial charge in [0.25, 0.3) is 0 Å². The lowest BCUT2D eigenvalue weighted by molar-refractivity contribution is -0.671. The topological polar surface area (TPSA) is 107 Å². The molecule has 2 aromatic heterocycles. The summed E-state index contributed by atoms with van der Waals surface area (Å²) in [6.45, 7) is 0.196. The number of carboxylic acid groups (broad SMARTS) is 1. The third-order valence-electron chi connectivity index (χ3n) is 5.13. The number of benzene rings is 1. The number of thioether (sulfide) groups is 1. The molecule has 32 heavy (non-hydrogen) atoms. The smallest absolute Gasteiger partial charge is 0.323 e. The maximum absolute atomic E-state index is 11.5. The van der Waals surface area contributed by atoms with Gasteiger partial charge in [-0.2, -0.15) is 4.57 Å². The molecular weight excluding hydrogens is 474 g/mol. The normalized spacial score (nSPS) is 15.0. The summed E-state index contributed by atoms with van der Waals surface area (Å²) in [6, 6.07) is 9.23. The number of aryl methyl sites for hydroxylation is 2. The lowest BCUT2D eigenvalue weighted by Gasteiger charge is -2.18. The maximum atomic E-state index is 11.5. The van der Waals surface area contributed by atoms with E-state index < -0.39 is 21.8 Å². The summed E-state index contributed by atoms with van der Waals surface area (Å²) in [5.74, 6) is -1.37. The van der Waals surface area contributed by atoms with E-state index in [0.29, 0.717) is 11.6 Å². The summed E-state index contributed by atoms with van der Waals surface area (Å²) in [6.07, 6.45) is 5.91. The Morgan fingerprint density at radius 1 is 1.31 bits per heavy atom. The van der Waals surface area contributed by atoms with Crippen LogP contribution in [-0.4, -0.2) is 40.9 Å². The van der Waals surface area contributed by atoms with E-state index in [1.165, 1.54) is 11.8 Å². The van der Waals surface area contributed by atoms with Crippen molar-refractivity contribution < 1.29 is 27.4 Å². The van der Waals surface area contributed by atoms with E-state index in [1.807, 2.05) is 52.9 Å². The van der Waals surface area contributed by atoms with Crippen molar-refractivity contribution in [2.45, 2.75) is 17.9 Å². The quantitative estimate of drug-likeness (QED) is 0.398. The first-order chi connectivity index (χ1) is 15.1. The van der Waals surface area contributed by atoms with Crippen molar-refractivity contribution in [1.82, 2.24) is 4.57 Å². The van der Waals surface area contributed by atoms with Crippen molar-refractivity contribution in [3.8, 4) is 0 Å². The maximum Gasteiger partial charge on any atom is 0.323 e. The average Bonchev–Trinajstić information content (AvgIpc) is 3.24. The van der Waals surface area contributed by atoms with Crippen LogP contribution in [0.4, 0.5) is 5.69 Å². The standard InChI is InChI=1S/C21H20ClN3O5S2/c1-23-8-6-16-21(23)14(5-9-24(16)7-2-10-32(28,29)30)11-19-25(13-20(26)27)17-12-15(22)3-4-18(17)31-19/h3-6,8-9,11-12H,2,7,10,13H2,1H3,(H-,26,27,28,29,30). The van der Waals surface area contributed by atoms with E-state index in [4.69, 9.17) is 11.6 Å². The molecule has 1 aliphatic heterocycles. The van der Waals surface area contributed by atoms with Crippen molar-refractivity contribution in [1.29, 1.82) is 0 Å². The van der Waals surface area contributed by atoms with Gasteiger partial charge in [-0.15, -0.1) is 0 Å². The molecule has 168 valence electrons. The van der Waals surface area contributed by atoms with Crippen LogP contribution in [0.5, 0.6) is 0 Å². The van der Waals surface area contributed by atoms with Crippen molar-refractivity contribution in [2.75, 3.05) is 17.2 Å². The highest BCUT2D eigenvalue weighted by Crippen LogP contribution is 2.47. The number of nitrogens with zero attached hydrogens (tertiary/aromatic N) is 3. The number of rotatable bonds is 7. The van der Waals surface area contributed by atoms with E-state index in [0.717, 1.165) is 32.2 Å². The second-order valence-corrected chi connectivity index (χ2v) is 10.4. The van der Waals surface area contributed by atoms with Gasteiger partial charge in [-0.1, -0.05) is 23.4 Å². The Morgan fingerprint density at radius 2 is 2.09 bits per heavy atom. The van der Waals surface area contributed by atoms with E-state index >= 15 is 0 Å². The minimum atomic E-state index is -4.26. The van der Waals surface area contributed by atoms with Crippen LogP contribution < -0.4 is 9.47 Å². The SMILES string of the molecule is Cn1ccc2c1c(/C=C1/Sc3ccc(Cl)cc3N1CC(=O)O)cc[n+]2CCCS(=O)(=O)[O-]. The Balaban J connectivity index is 1.73. The third kappa shape index (κ3) is 4.78. The number of pyridine rings is 1. The van der Waals surface area contributed by atoms with Gasteiger partial charge >= 0.3 is 5.97 Å². The molecule has 11 heteroatoms. The zero-order valence-corrected chi connectivity index (χ0v) is 19.5. The zero-order valence-electron chi connectivity index (χ0n) is 17.1. The average molecular weight is 494 g/mol. The highest BCUT2D eigenvalue weighted by atomic mass is 35.5. The molecule has 3 aromatic rings. The minimum Gasteiger partial charge on any atom is -0.748 e. The van der Waals surface area contributed by atoms with Gasteiger partial charge in [0.2, 0.25) is 5.52 Å². The van der Waals surface area contributed by atoms with Crippen LogP contribution in [0.3, 0.4) is 0 Å². The van der Waals surface area contributed by atoms with E-state index in [-0.39, 0.29) is 13.0 Å². The monoisotopic (exact) mass is 493 g/mol. The first-order valence-corrected chi connectivity index (χ1v) is 12.5. The molecule has 1 N–H and O–H groups in total. The molecule has 4 rings (SSSR count). The summed E-state index contributed by atoms with van der Waals surface area (Å²) in [7, 11) is -2.35. The number of fused-ring (bicyclic) bond motifs is 2. The Morgan fingerprint density at radius 3 is 2.81 bits per heavy atom. The second kappa shape index (κ2) is 8.78. The predicted molar refractivity (Wildman–Crippen MR) is 123 cm³/mol. The minimum absolute atomic E-state index is 0.195. The number of anilines is 1. The highest BCUT2D eigenvalue weighted by Gasteiger charge is 2.28. The lowest BCUT2D eigenvalue weighted by Crippen LogP contribution is -2.35. The number of hydrogen-bond acceptors (Lipinski definition) is 6. The fourth-order valence-corrected chi connectivity index (χ4v) is 5.51. The first kappa shape index (κ1) is 22.7. The molecular formula is C21H20ClN3O5S2. The van der Waals surface area contributed by atoms with Crippen LogP contribution in [-0.2, 0) is 28.5 Å². The van der Waals surface area contributed by atoms with Gasteiger partial charge < -0.3 is 19.1 Å². The van der Waals surface area contributed by atoms with Gasteiger partial charge in [0.05, 0.1) is 20.8 Å². The largest absolute Gasteiger partial charge is 0.748 e.